The zero-order valence-electron chi connectivity index (χ0n) is 15.7. The fourth-order valence-corrected chi connectivity index (χ4v) is 3.29. The molecule has 29 heavy (non-hydrogen) atoms. The molecule has 5 nitrogen and oxygen atoms in total. The molecule has 2 heterocycles. The zero-order valence-corrected chi connectivity index (χ0v) is 15.7. The molecule has 144 valence electrons. The van der Waals surface area contributed by atoms with Crippen LogP contribution < -0.4 is 10.9 Å². The summed E-state index contributed by atoms with van der Waals surface area (Å²) in [5, 5.41) is 4.15. The van der Waals surface area contributed by atoms with Crippen LogP contribution in [0.1, 0.15) is 33.9 Å². The first-order valence-corrected chi connectivity index (χ1v) is 9.44. The molecule has 2 aromatic heterocycles. The van der Waals surface area contributed by atoms with Crippen molar-refractivity contribution in [1.29, 1.82) is 0 Å². The van der Waals surface area contributed by atoms with Gasteiger partial charge in [0.15, 0.2) is 5.78 Å². The molecule has 0 saturated heterocycles. The molecule has 5 heteroatoms. The SMILES string of the molecule is O=C(CC(NCc1cccnc1)c1ccccc1)c1cc2ccccc2oc1=O. The van der Waals surface area contributed by atoms with Crippen molar-refractivity contribution in [3.05, 3.63) is 112 Å². The first-order valence-electron chi connectivity index (χ1n) is 9.44. The number of carbonyl (C=O) groups excluding carboxylic acids is 1. The molecule has 1 N–H and O–H groups in total. The van der Waals surface area contributed by atoms with E-state index in [-0.39, 0.29) is 23.8 Å². The summed E-state index contributed by atoms with van der Waals surface area (Å²) >= 11 is 0. The monoisotopic (exact) mass is 384 g/mol. The summed E-state index contributed by atoms with van der Waals surface area (Å²) in [4.78, 5) is 29.5. The largest absolute Gasteiger partial charge is 0.422 e. The predicted octanol–water partition coefficient (Wildman–Crippen LogP) is 4.29. The van der Waals surface area contributed by atoms with E-state index >= 15 is 0 Å². The van der Waals surface area contributed by atoms with Gasteiger partial charge in [-0.1, -0.05) is 54.6 Å². The Hall–Kier alpha value is -3.57. The van der Waals surface area contributed by atoms with Gasteiger partial charge in [-0.25, -0.2) is 4.79 Å². The number of carbonyl (C=O) groups is 1. The minimum atomic E-state index is -0.604. The highest BCUT2D eigenvalue weighted by Crippen LogP contribution is 2.21. The van der Waals surface area contributed by atoms with Gasteiger partial charge in [0.1, 0.15) is 11.1 Å². The predicted molar refractivity (Wildman–Crippen MR) is 112 cm³/mol. The van der Waals surface area contributed by atoms with Crippen molar-refractivity contribution in [2.75, 3.05) is 0 Å². The molecule has 0 aliphatic rings. The number of para-hydroxylation sites is 1. The van der Waals surface area contributed by atoms with Crippen molar-refractivity contribution >= 4 is 16.8 Å². The molecule has 0 fully saturated rings. The molecule has 4 rings (SSSR count). The maximum atomic E-state index is 13.0. The minimum absolute atomic E-state index is 0.0767. The summed E-state index contributed by atoms with van der Waals surface area (Å²) in [6.07, 6.45) is 3.66. The topological polar surface area (TPSA) is 72.2 Å². The van der Waals surface area contributed by atoms with Crippen LogP contribution in [0.4, 0.5) is 0 Å². The van der Waals surface area contributed by atoms with Crippen LogP contribution in [0.3, 0.4) is 0 Å². The zero-order chi connectivity index (χ0) is 20.1. The van der Waals surface area contributed by atoms with Gasteiger partial charge >= 0.3 is 5.63 Å². The third kappa shape index (κ3) is 4.47. The van der Waals surface area contributed by atoms with Crippen LogP contribution in [0, 0.1) is 0 Å². The fourth-order valence-electron chi connectivity index (χ4n) is 3.29. The number of ketones is 1. The van der Waals surface area contributed by atoms with Crippen molar-refractivity contribution in [2.24, 2.45) is 0 Å². The highest BCUT2D eigenvalue weighted by molar-refractivity contribution is 5.98. The normalized spacial score (nSPS) is 12.0. The Bertz CT molecular complexity index is 1170. The molecule has 4 aromatic rings. The molecule has 0 bridgehead atoms. The number of aromatic nitrogens is 1. The summed E-state index contributed by atoms with van der Waals surface area (Å²) in [6, 6.07) is 22.1. The number of hydrogen-bond acceptors (Lipinski definition) is 5. The molecule has 0 amide bonds. The Kier molecular flexibility index (Phi) is 5.59. The standard InChI is InChI=1S/C24H20N2O3/c27-22(20-13-19-10-4-5-11-23(19)29-24(20)28)14-21(18-8-2-1-3-9-18)26-16-17-7-6-12-25-15-17/h1-13,15,21,26H,14,16H2. The maximum absolute atomic E-state index is 13.0. The van der Waals surface area contributed by atoms with E-state index in [9.17, 15) is 9.59 Å². The van der Waals surface area contributed by atoms with Gasteiger partial charge in [0.2, 0.25) is 0 Å². The van der Waals surface area contributed by atoms with E-state index in [2.05, 4.69) is 10.3 Å². The Morgan fingerprint density at radius 2 is 1.79 bits per heavy atom. The second-order valence-corrected chi connectivity index (χ2v) is 6.82. The van der Waals surface area contributed by atoms with Crippen LogP contribution in [0.2, 0.25) is 0 Å². The van der Waals surface area contributed by atoms with E-state index < -0.39 is 5.63 Å². The van der Waals surface area contributed by atoms with Crippen LogP contribution in [0.5, 0.6) is 0 Å². The van der Waals surface area contributed by atoms with Crippen molar-refractivity contribution in [3.63, 3.8) is 0 Å². The Morgan fingerprint density at radius 1 is 1.00 bits per heavy atom. The molecular formula is C24H20N2O3. The number of nitrogens with zero attached hydrogens (tertiary/aromatic N) is 1. The molecule has 1 unspecified atom stereocenters. The van der Waals surface area contributed by atoms with E-state index in [1.54, 1.807) is 30.6 Å². The quantitative estimate of drug-likeness (QED) is 0.380. The summed E-state index contributed by atoms with van der Waals surface area (Å²) < 4.78 is 5.33. The lowest BCUT2D eigenvalue weighted by Crippen LogP contribution is -2.25. The van der Waals surface area contributed by atoms with Gasteiger partial charge in [0.05, 0.1) is 0 Å². The molecule has 0 aliphatic carbocycles. The van der Waals surface area contributed by atoms with Gasteiger partial charge < -0.3 is 9.73 Å². The van der Waals surface area contributed by atoms with Crippen LogP contribution in [-0.2, 0) is 6.54 Å². The number of benzene rings is 2. The molecule has 1 atom stereocenters. The molecular weight excluding hydrogens is 364 g/mol. The molecule has 0 radical (unpaired) electrons. The fraction of sp³-hybridized carbons (Fsp3) is 0.125. The van der Waals surface area contributed by atoms with Crippen LogP contribution in [-0.4, -0.2) is 10.8 Å². The van der Waals surface area contributed by atoms with E-state index in [1.165, 1.54) is 0 Å². The van der Waals surface area contributed by atoms with Crippen LogP contribution in [0.15, 0.2) is 94.4 Å². The summed E-state index contributed by atoms with van der Waals surface area (Å²) in [6.45, 7) is 0.563. The first-order chi connectivity index (χ1) is 14.2. The third-order valence-corrected chi connectivity index (χ3v) is 4.81. The van der Waals surface area contributed by atoms with E-state index in [0.29, 0.717) is 12.1 Å². The smallest absolute Gasteiger partial charge is 0.347 e. The van der Waals surface area contributed by atoms with E-state index in [4.69, 9.17) is 4.42 Å². The van der Waals surface area contributed by atoms with Crippen molar-refractivity contribution in [3.8, 4) is 0 Å². The molecule has 2 aromatic carbocycles. The average Bonchev–Trinajstić information content (AvgIpc) is 2.77. The van der Waals surface area contributed by atoms with Gasteiger partial charge in [0.25, 0.3) is 0 Å². The van der Waals surface area contributed by atoms with Crippen molar-refractivity contribution in [2.45, 2.75) is 19.0 Å². The third-order valence-electron chi connectivity index (χ3n) is 4.81. The lowest BCUT2D eigenvalue weighted by atomic mass is 9.98. The van der Waals surface area contributed by atoms with Crippen LogP contribution in [0.25, 0.3) is 11.0 Å². The Balaban J connectivity index is 1.59. The number of Topliss-reactive ketones (excluding diaryl/α,β-unsaturated/α-hetero) is 1. The summed E-state index contributed by atoms with van der Waals surface area (Å²) in [7, 11) is 0. The molecule has 0 saturated carbocycles. The number of nitrogens with one attached hydrogen (secondary N) is 1. The maximum Gasteiger partial charge on any atom is 0.347 e. The number of pyridine rings is 1. The lowest BCUT2D eigenvalue weighted by molar-refractivity contribution is 0.0964. The van der Waals surface area contributed by atoms with Crippen molar-refractivity contribution in [1.82, 2.24) is 10.3 Å². The van der Waals surface area contributed by atoms with E-state index in [0.717, 1.165) is 16.5 Å². The Morgan fingerprint density at radius 3 is 2.59 bits per heavy atom. The highest BCUT2D eigenvalue weighted by atomic mass is 16.4. The number of rotatable bonds is 7. The van der Waals surface area contributed by atoms with Gasteiger partial charge in [-0.15, -0.1) is 0 Å². The minimum Gasteiger partial charge on any atom is -0.422 e. The van der Waals surface area contributed by atoms with Gasteiger partial charge in [-0.3, -0.25) is 9.78 Å². The van der Waals surface area contributed by atoms with Gasteiger partial charge in [-0.05, 0) is 29.3 Å². The van der Waals surface area contributed by atoms with Crippen molar-refractivity contribution < 1.29 is 9.21 Å². The van der Waals surface area contributed by atoms with E-state index in [1.807, 2.05) is 54.6 Å². The second kappa shape index (κ2) is 8.63. The average molecular weight is 384 g/mol. The number of fused-ring (bicyclic) bond motifs is 1. The number of hydrogen-bond donors (Lipinski definition) is 1. The summed E-state index contributed by atoms with van der Waals surface area (Å²) in [5.41, 5.74) is 1.95. The second-order valence-electron chi connectivity index (χ2n) is 6.82. The lowest BCUT2D eigenvalue weighted by Gasteiger charge is -2.18. The van der Waals surface area contributed by atoms with Crippen LogP contribution >= 0.6 is 0 Å². The first kappa shape index (κ1) is 18.8. The molecule has 0 spiro atoms. The molecule has 0 aliphatic heterocycles. The highest BCUT2D eigenvalue weighted by Gasteiger charge is 2.20. The van der Waals surface area contributed by atoms with Gasteiger partial charge in [0, 0.05) is 36.8 Å². The van der Waals surface area contributed by atoms with Gasteiger partial charge in [-0.2, -0.15) is 0 Å². The Labute approximate surface area is 168 Å². The summed E-state index contributed by atoms with van der Waals surface area (Å²) in [5.74, 6) is -0.253.